The summed E-state index contributed by atoms with van der Waals surface area (Å²) in [5, 5.41) is 9.69. The zero-order chi connectivity index (χ0) is 20.7. The van der Waals surface area contributed by atoms with Crippen LogP contribution < -0.4 is 0 Å². The van der Waals surface area contributed by atoms with Crippen LogP contribution in [-0.2, 0) is 15.3 Å². The number of piperidine rings is 1. The molecule has 1 fully saturated rings. The van der Waals surface area contributed by atoms with Gasteiger partial charge in [0.2, 0.25) is 0 Å². The zero-order valence-electron chi connectivity index (χ0n) is 16.8. The van der Waals surface area contributed by atoms with Crippen LogP contribution in [0.2, 0.25) is 0 Å². The first-order valence-corrected chi connectivity index (χ1v) is 11.3. The van der Waals surface area contributed by atoms with Crippen LogP contribution in [0.3, 0.4) is 0 Å². The number of aliphatic carboxylic acids is 1. The number of nitrogens with zero attached hydrogens (tertiary/aromatic N) is 1. The normalized spacial score (nSPS) is 17.8. The largest absolute Gasteiger partial charge is 0.481 e. The third-order valence-corrected chi connectivity index (χ3v) is 6.76. The van der Waals surface area contributed by atoms with Crippen molar-refractivity contribution >= 4 is 36.5 Å². The molecule has 7 heteroatoms. The summed E-state index contributed by atoms with van der Waals surface area (Å²) in [5.74, 6) is -0.271. The fraction of sp³-hybridized carbons (Fsp3) is 0.619. The van der Waals surface area contributed by atoms with E-state index in [1.165, 1.54) is 5.56 Å². The van der Waals surface area contributed by atoms with Crippen molar-refractivity contribution in [1.29, 1.82) is 0 Å². The van der Waals surface area contributed by atoms with E-state index in [-0.39, 0.29) is 16.6 Å². The Labute approximate surface area is 177 Å². The maximum absolute atomic E-state index is 12.2. The van der Waals surface area contributed by atoms with Crippen LogP contribution in [0.4, 0.5) is 4.79 Å². The molecule has 28 heavy (non-hydrogen) atoms. The van der Waals surface area contributed by atoms with Crippen molar-refractivity contribution in [3.8, 4) is 0 Å². The number of benzene rings is 1. The molecule has 1 N–H and O–H groups in total. The lowest BCUT2D eigenvalue weighted by Crippen LogP contribution is -2.42. The molecule has 1 heterocycles. The Morgan fingerprint density at radius 2 is 1.86 bits per heavy atom. The highest BCUT2D eigenvalue weighted by Crippen LogP contribution is 2.34. The molecule has 2 unspecified atom stereocenters. The highest BCUT2D eigenvalue weighted by molar-refractivity contribution is 8.09. The van der Waals surface area contributed by atoms with Crippen LogP contribution in [0.25, 0.3) is 0 Å². The maximum atomic E-state index is 12.2. The van der Waals surface area contributed by atoms with Crippen LogP contribution in [-0.4, -0.2) is 45.3 Å². The van der Waals surface area contributed by atoms with Gasteiger partial charge in [0.05, 0.1) is 10.5 Å². The number of hydrogen-bond acceptors (Lipinski definition) is 5. The van der Waals surface area contributed by atoms with E-state index in [4.69, 9.17) is 4.74 Å². The number of amides is 1. The summed E-state index contributed by atoms with van der Waals surface area (Å²) >= 11 is 6.15. The number of carboxylic acid groups (broad SMARTS) is 1. The van der Waals surface area contributed by atoms with Gasteiger partial charge in [0.1, 0.15) is 5.60 Å². The van der Waals surface area contributed by atoms with E-state index in [9.17, 15) is 14.7 Å². The first-order chi connectivity index (χ1) is 13.2. The summed E-state index contributed by atoms with van der Waals surface area (Å²) in [4.78, 5) is 25.7. The summed E-state index contributed by atoms with van der Waals surface area (Å²) in [6.45, 7) is 6.79. The van der Waals surface area contributed by atoms with Crippen LogP contribution in [0.1, 0.15) is 45.6 Å². The second-order valence-corrected chi connectivity index (χ2v) is 10.3. The van der Waals surface area contributed by atoms with Gasteiger partial charge in [0, 0.05) is 18.8 Å². The first kappa shape index (κ1) is 22.9. The third-order valence-electron chi connectivity index (χ3n) is 4.78. The number of likely N-dealkylation sites (tertiary alicyclic amines) is 1. The molecule has 1 aliphatic heterocycles. The van der Waals surface area contributed by atoms with E-state index in [2.05, 4.69) is 12.6 Å². The number of rotatable bonds is 7. The fourth-order valence-electron chi connectivity index (χ4n) is 3.25. The van der Waals surface area contributed by atoms with E-state index in [1.54, 1.807) is 16.7 Å². The Morgan fingerprint density at radius 3 is 2.39 bits per heavy atom. The zero-order valence-corrected chi connectivity index (χ0v) is 18.5. The Bertz CT molecular complexity index is 640. The van der Waals surface area contributed by atoms with Crippen LogP contribution in [0, 0.1) is 11.8 Å². The Hall–Kier alpha value is -1.34. The first-order valence-electron chi connectivity index (χ1n) is 9.70. The summed E-state index contributed by atoms with van der Waals surface area (Å²) in [7, 11) is 0. The van der Waals surface area contributed by atoms with Crippen LogP contribution in [0.5, 0.6) is 0 Å². The minimum absolute atomic E-state index is 0.262. The van der Waals surface area contributed by atoms with Gasteiger partial charge in [0.15, 0.2) is 0 Å². The summed E-state index contributed by atoms with van der Waals surface area (Å²) in [6.07, 6.45) is 1.90. The Balaban J connectivity index is 1.82. The van der Waals surface area contributed by atoms with Gasteiger partial charge in [0.25, 0.3) is 0 Å². The molecular formula is C21H31NO4S2. The number of hydrogen-bond donors (Lipinski definition) is 2. The molecule has 156 valence electrons. The lowest BCUT2D eigenvalue weighted by Gasteiger charge is -2.34. The molecule has 1 amide bonds. The number of carbonyl (C=O) groups is 2. The van der Waals surface area contributed by atoms with E-state index >= 15 is 0 Å². The number of ether oxygens (including phenoxy) is 1. The Kier molecular flexibility index (Phi) is 8.56. The molecule has 1 aliphatic rings. The second kappa shape index (κ2) is 10.4. The number of thioether (sulfide) groups is 1. The fourth-order valence-corrected chi connectivity index (χ4v) is 4.74. The van der Waals surface area contributed by atoms with Crippen molar-refractivity contribution in [2.24, 2.45) is 11.8 Å². The van der Waals surface area contributed by atoms with E-state index < -0.39 is 17.5 Å². The minimum atomic E-state index is -0.796. The van der Waals surface area contributed by atoms with Crippen molar-refractivity contribution in [2.45, 2.75) is 56.0 Å². The number of thiol groups is 1. The highest BCUT2D eigenvalue weighted by atomic mass is 32.2. The van der Waals surface area contributed by atoms with Gasteiger partial charge in [-0.3, -0.25) is 4.79 Å². The summed E-state index contributed by atoms with van der Waals surface area (Å²) in [5.41, 5.74) is 0.666. The number of carboxylic acids is 1. The molecule has 1 aromatic carbocycles. The molecule has 1 saturated heterocycles. The molecule has 2 atom stereocenters. The number of carbonyl (C=O) groups excluding carboxylic acids is 1. The monoisotopic (exact) mass is 425 g/mol. The molecule has 5 nitrogen and oxygen atoms in total. The van der Waals surface area contributed by atoms with Gasteiger partial charge in [-0.15, -0.1) is 11.8 Å². The predicted molar refractivity (Wildman–Crippen MR) is 117 cm³/mol. The lowest BCUT2D eigenvalue weighted by molar-refractivity contribution is -0.141. The summed E-state index contributed by atoms with van der Waals surface area (Å²) in [6, 6.07) is 10.0. The third kappa shape index (κ3) is 7.59. The molecular weight excluding hydrogens is 394 g/mol. The standard InChI is InChI=1S/C21H31NO4S2/c1-21(2,3)26-20(25)22-11-9-15(10-12-22)13-17(18(23)24)19(27)28-14-16-7-5-4-6-8-16/h4-8,15,17,19,27H,9-14H2,1-3H3,(H,23,24). The summed E-state index contributed by atoms with van der Waals surface area (Å²) < 4.78 is 5.16. The molecule has 0 aliphatic carbocycles. The van der Waals surface area contributed by atoms with Gasteiger partial charge in [-0.1, -0.05) is 30.3 Å². The van der Waals surface area contributed by atoms with Crippen molar-refractivity contribution in [2.75, 3.05) is 13.1 Å². The van der Waals surface area contributed by atoms with Crippen LogP contribution >= 0.6 is 24.4 Å². The van der Waals surface area contributed by atoms with Crippen molar-refractivity contribution in [3.05, 3.63) is 35.9 Å². The lowest BCUT2D eigenvalue weighted by atomic mass is 9.88. The topological polar surface area (TPSA) is 66.8 Å². The van der Waals surface area contributed by atoms with E-state index in [0.29, 0.717) is 19.5 Å². The van der Waals surface area contributed by atoms with Crippen molar-refractivity contribution in [3.63, 3.8) is 0 Å². The second-order valence-electron chi connectivity index (χ2n) is 8.28. The smallest absolute Gasteiger partial charge is 0.410 e. The van der Waals surface area contributed by atoms with Gasteiger partial charge in [-0.25, -0.2) is 4.79 Å². The molecule has 0 spiro atoms. The van der Waals surface area contributed by atoms with E-state index in [1.807, 2.05) is 51.1 Å². The van der Waals surface area contributed by atoms with Gasteiger partial charge < -0.3 is 14.7 Å². The Morgan fingerprint density at radius 1 is 1.25 bits per heavy atom. The minimum Gasteiger partial charge on any atom is -0.481 e. The molecule has 0 saturated carbocycles. The molecule has 2 rings (SSSR count). The average Bonchev–Trinajstić information content (AvgIpc) is 2.64. The average molecular weight is 426 g/mol. The van der Waals surface area contributed by atoms with Crippen molar-refractivity contribution < 1.29 is 19.4 Å². The SMILES string of the molecule is CC(C)(C)OC(=O)N1CCC(CC(C(=O)O)C(S)SCc2ccccc2)CC1. The molecule has 0 aromatic heterocycles. The van der Waals surface area contributed by atoms with Gasteiger partial charge in [-0.2, -0.15) is 12.6 Å². The van der Waals surface area contributed by atoms with Gasteiger partial charge >= 0.3 is 12.1 Å². The molecule has 0 bridgehead atoms. The maximum Gasteiger partial charge on any atom is 0.410 e. The van der Waals surface area contributed by atoms with Crippen molar-refractivity contribution in [1.82, 2.24) is 4.90 Å². The van der Waals surface area contributed by atoms with Crippen LogP contribution in [0.15, 0.2) is 30.3 Å². The quantitative estimate of drug-likeness (QED) is 0.480. The molecule has 0 radical (unpaired) electrons. The van der Waals surface area contributed by atoms with E-state index in [0.717, 1.165) is 18.6 Å². The predicted octanol–water partition coefficient (Wildman–Crippen LogP) is 4.91. The highest BCUT2D eigenvalue weighted by Gasteiger charge is 2.32. The molecule has 1 aromatic rings. The van der Waals surface area contributed by atoms with Gasteiger partial charge in [-0.05, 0) is 51.5 Å².